The maximum Gasteiger partial charge on any atom is 0.269 e. The van der Waals surface area contributed by atoms with Crippen LogP contribution >= 0.6 is 0 Å². The van der Waals surface area contributed by atoms with Gasteiger partial charge in [-0.25, -0.2) is 9.37 Å². The molecule has 1 unspecified atom stereocenters. The Labute approximate surface area is 92.5 Å². The lowest BCUT2D eigenvalue weighted by molar-refractivity contribution is 0.458. The molecule has 0 spiro atoms. The van der Waals surface area contributed by atoms with E-state index in [-0.39, 0.29) is 17.5 Å². The maximum atomic E-state index is 13.4. The SMILES string of the molecule is CCC(C)c1nnc(-c2ncccc2F)o1. The first-order chi connectivity index (χ1) is 7.72. The molecule has 0 amide bonds. The first-order valence-corrected chi connectivity index (χ1v) is 5.16. The first kappa shape index (κ1) is 10.7. The summed E-state index contributed by atoms with van der Waals surface area (Å²) in [5.74, 6) is 0.367. The Hall–Kier alpha value is -1.78. The summed E-state index contributed by atoms with van der Waals surface area (Å²) in [4.78, 5) is 3.88. The van der Waals surface area contributed by atoms with Gasteiger partial charge in [0.05, 0.1) is 0 Å². The summed E-state index contributed by atoms with van der Waals surface area (Å²) in [5, 5.41) is 7.68. The van der Waals surface area contributed by atoms with E-state index in [1.807, 2.05) is 13.8 Å². The Morgan fingerprint density at radius 3 is 2.94 bits per heavy atom. The molecule has 0 saturated heterocycles. The normalized spacial score (nSPS) is 12.7. The van der Waals surface area contributed by atoms with Gasteiger partial charge in [-0.2, -0.15) is 0 Å². The fourth-order valence-electron chi connectivity index (χ4n) is 1.25. The highest BCUT2D eigenvalue weighted by Gasteiger charge is 2.16. The monoisotopic (exact) mass is 221 g/mol. The Morgan fingerprint density at radius 2 is 2.25 bits per heavy atom. The zero-order chi connectivity index (χ0) is 11.5. The van der Waals surface area contributed by atoms with E-state index in [1.54, 1.807) is 0 Å². The molecular weight excluding hydrogens is 209 g/mol. The van der Waals surface area contributed by atoms with Crippen molar-refractivity contribution in [3.8, 4) is 11.6 Å². The zero-order valence-electron chi connectivity index (χ0n) is 9.14. The number of rotatable bonds is 3. The molecule has 0 radical (unpaired) electrons. The van der Waals surface area contributed by atoms with Crippen LogP contribution in [0.15, 0.2) is 22.7 Å². The van der Waals surface area contributed by atoms with E-state index >= 15 is 0 Å². The van der Waals surface area contributed by atoms with Gasteiger partial charge in [0, 0.05) is 12.1 Å². The molecular formula is C11H12FN3O. The van der Waals surface area contributed by atoms with Gasteiger partial charge < -0.3 is 4.42 Å². The molecule has 0 aliphatic heterocycles. The van der Waals surface area contributed by atoms with E-state index < -0.39 is 5.82 Å². The molecule has 2 aromatic heterocycles. The van der Waals surface area contributed by atoms with Crippen molar-refractivity contribution in [1.82, 2.24) is 15.2 Å². The lowest BCUT2D eigenvalue weighted by Crippen LogP contribution is -1.90. The third kappa shape index (κ3) is 1.93. The number of hydrogen-bond donors (Lipinski definition) is 0. The second-order valence-electron chi connectivity index (χ2n) is 3.59. The highest BCUT2D eigenvalue weighted by Crippen LogP contribution is 2.23. The van der Waals surface area contributed by atoms with Crippen LogP contribution < -0.4 is 0 Å². The Balaban J connectivity index is 2.35. The molecule has 0 saturated carbocycles. The van der Waals surface area contributed by atoms with Gasteiger partial charge >= 0.3 is 0 Å². The fourth-order valence-corrected chi connectivity index (χ4v) is 1.25. The molecule has 16 heavy (non-hydrogen) atoms. The van der Waals surface area contributed by atoms with E-state index in [9.17, 15) is 4.39 Å². The van der Waals surface area contributed by atoms with Gasteiger partial charge in [-0.05, 0) is 18.6 Å². The van der Waals surface area contributed by atoms with Crippen LogP contribution in [-0.2, 0) is 0 Å². The van der Waals surface area contributed by atoms with E-state index in [0.717, 1.165) is 6.42 Å². The smallest absolute Gasteiger partial charge is 0.269 e. The quantitative estimate of drug-likeness (QED) is 0.799. The second-order valence-corrected chi connectivity index (χ2v) is 3.59. The largest absolute Gasteiger partial charge is 0.419 e. The second kappa shape index (κ2) is 4.38. The molecule has 1 atom stereocenters. The molecule has 0 aromatic carbocycles. The molecule has 0 N–H and O–H groups in total. The maximum absolute atomic E-state index is 13.4. The van der Waals surface area contributed by atoms with Gasteiger partial charge in [0.1, 0.15) is 0 Å². The van der Waals surface area contributed by atoms with Gasteiger partial charge in [-0.15, -0.1) is 10.2 Å². The molecule has 2 heterocycles. The standard InChI is InChI=1S/C11H12FN3O/c1-3-7(2)10-14-15-11(16-10)9-8(12)5-4-6-13-9/h4-7H,3H2,1-2H3. The van der Waals surface area contributed by atoms with Crippen molar-refractivity contribution >= 4 is 0 Å². The molecule has 0 bridgehead atoms. The topological polar surface area (TPSA) is 51.8 Å². The Bertz CT molecular complexity index is 484. The van der Waals surface area contributed by atoms with Crippen molar-refractivity contribution in [2.75, 3.05) is 0 Å². The zero-order valence-corrected chi connectivity index (χ0v) is 9.14. The highest BCUT2D eigenvalue weighted by molar-refractivity contribution is 5.46. The van der Waals surface area contributed by atoms with Crippen LogP contribution in [0.25, 0.3) is 11.6 Å². The van der Waals surface area contributed by atoms with E-state index in [2.05, 4.69) is 15.2 Å². The number of aromatic nitrogens is 3. The summed E-state index contributed by atoms with van der Waals surface area (Å²) in [5.41, 5.74) is 0.101. The van der Waals surface area contributed by atoms with Crippen molar-refractivity contribution in [3.05, 3.63) is 30.0 Å². The Kier molecular flexibility index (Phi) is 2.94. The van der Waals surface area contributed by atoms with Gasteiger partial charge in [-0.1, -0.05) is 13.8 Å². The average Bonchev–Trinajstić information content (AvgIpc) is 2.78. The van der Waals surface area contributed by atoms with Crippen LogP contribution in [0.5, 0.6) is 0 Å². The van der Waals surface area contributed by atoms with Crippen LogP contribution in [0, 0.1) is 5.82 Å². The third-order valence-electron chi connectivity index (χ3n) is 2.44. The molecule has 2 aromatic rings. The van der Waals surface area contributed by atoms with Gasteiger partial charge in [0.15, 0.2) is 11.5 Å². The predicted octanol–water partition coefficient (Wildman–Crippen LogP) is 2.78. The minimum atomic E-state index is -0.457. The number of pyridine rings is 1. The van der Waals surface area contributed by atoms with Gasteiger partial charge in [0.25, 0.3) is 5.89 Å². The molecule has 5 heteroatoms. The van der Waals surface area contributed by atoms with Crippen LogP contribution in [-0.4, -0.2) is 15.2 Å². The highest BCUT2D eigenvalue weighted by atomic mass is 19.1. The number of halogens is 1. The van der Waals surface area contributed by atoms with E-state index in [1.165, 1.54) is 18.3 Å². The molecule has 2 rings (SSSR count). The minimum absolute atomic E-state index is 0.101. The summed E-state index contributed by atoms with van der Waals surface area (Å²) in [6.07, 6.45) is 2.39. The van der Waals surface area contributed by atoms with Crippen LogP contribution in [0.4, 0.5) is 4.39 Å². The van der Waals surface area contributed by atoms with Crippen LogP contribution in [0.2, 0.25) is 0 Å². The summed E-state index contributed by atoms with van der Waals surface area (Å²) < 4.78 is 18.8. The van der Waals surface area contributed by atoms with E-state index in [0.29, 0.717) is 5.89 Å². The van der Waals surface area contributed by atoms with Crippen molar-refractivity contribution in [3.63, 3.8) is 0 Å². The summed E-state index contributed by atoms with van der Waals surface area (Å²) in [7, 11) is 0. The molecule has 0 fully saturated rings. The fraction of sp³-hybridized carbons (Fsp3) is 0.364. The number of nitrogens with zero attached hydrogens (tertiary/aromatic N) is 3. The Morgan fingerprint density at radius 1 is 1.44 bits per heavy atom. The van der Waals surface area contributed by atoms with Gasteiger partial charge in [0.2, 0.25) is 5.89 Å². The summed E-state index contributed by atoms with van der Waals surface area (Å²) in [6.45, 7) is 4.00. The number of hydrogen-bond acceptors (Lipinski definition) is 4. The van der Waals surface area contributed by atoms with Crippen molar-refractivity contribution in [2.24, 2.45) is 0 Å². The predicted molar refractivity (Wildman–Crippen MR) is 56.2 cm³/mol. The summed E-state index contributed by atoms with van der Waals surface area (Å²) in [6, 6.07) is 2.83. The summed E-state index contributed by atoms with van der Waals surface area (Å²) >= 11 is 0. The lowest BCUT2D eigenvalue weighted by Gasteiger charge is -1.99. The molecule has 84 valence electrons. The van der Waals surface area contributed by atoms with Crippen LogP contribution in [0.1, 0.15) is 32.1 Å². The van der Waals surface area contributed by atoms with Crippen molar-refractivity contribution < 1.29 is 8.81 Å². The van der Waals surface area contributed by atoms with Gasteiger partial charge in [-0.3, -0.25) is 0 Å². The van der Waals surface area contributed by atoms with Crippen molar-refractivity contribution in [2.45, 2.75) is 26.2 Å². The molecule has 4 nitrogen and oxygen atoms in total. The van der Waals surface area contributed by atoms with Crippen molar-refractivity contribution in [1.29, 1.82) is 0 Å². The van der Waals surface area contributed by atoms with Crippen LogP contribution in [0.3, 0.4) is 0 Å². The molecule has 0 aliphatic carbocycles. The minimum Gasteiger partial charge on any atom is -0.419 e. The van der Waals surface area contributed by atoms with E-state index in [4.69, 9.17) is 4.42 Å². The third-order valence-corrected chi connectivity index (χ3v) is 2.44. The lowest BCUT2D eigenvalue weighted by atomic mass is 10.1. The molecule has 0 aliphatic rings. The average molecular weight is 221 g/mol. The first-order valence-electron chi connectivity index (χ1n) is 5.16.